The fourth-order valence-corrected chi connectivity index (χ4v) is 2.52. The van der Waals surface area contributed by atoms with E-state index in [4.69, 9.17) is 20.8 Å². The van der Waals surface area contributed by atoms with Crippen molar-refractivity contribution in [3.63, 3.8) is 0 Å². The van der Waals surface area contributed by atoms with E-state index in [9.17, 15) is 0 Å². The minimum atomic E-state index is 0.0349. The van der Waals surface area contributed by atoms with Crippen LogP contribution in [-0.2, 0) is 6.54 Å². The first-order valence-electron chi connectivity index (χ1n) is 7.10. The Labute approximate surface area is 124 Å². The third kappa shape index (κ3) is 3.86. The minimum Gasteiger partial charge on any atom is -0.496 e. The van der Waals surface area contributed by atoms with E-state index < -0.39 is 0 Å². The van der Waals surface area contributed by atoms with Gasteiger partial charge in [-0.2, -0.15) is 0 Å². The van der Waals surface area contributed by atoms with Gasteiger partial charge in [0.25, 0.3) is 0 Å². The van der Waals surface area contributed by atoms with Gasteiger partial charge in [-0.25, -0.2) is 0 Å². The van der Waals surface area contributed by atoms with Crippen molar-refractivity contribution < 1.29 is 15.1 Å². The highest BCUT2D eigenvalue weighted by Gasteiger charge is 2.41. The van der Waals surface area contributed by atoms with Gasteiger partial charge in [-0.05, 0) is 42.4 Å². The second kappa shape index (κ2) is 6.78. The second-order valence-corrected chi connectivity index (χ2v) is 5.60. The summed E-state index contributed by atoms with van der Waals surface area (Å²) in [6.45, 7) is 1.85. The number of rotatable bonds is 8. The van der Waals surface area contributed by atoms with Crippen LogP contribution in [0.2, 0.25) is 0 Å². The lowest BCUT2D eigenvalue weighted by Gasteiger charge is -2.15. The van der Waals surface area contributed by atoms with Crippen LogP contribution in [0.4, 0.5) is 0 Å². The first-order chi connectivity index (χ1) is 10.1. The van der Waals surface area contributed by atoms with Crippen molar-refractivity contribution in [2.24, 2.45) is 16.3 Å². The van der Waals surface area contributed by atoms with E-state index >= 15 is 0 Å². The summed E-state index contributed by atoms with van der Waals surface area (Å²) in [5.41, 5.74) is 7.56. The highest BCUT2D eigenvalue weighted by molar-refractivity contribution is 5.99. The SMILES string of the molecule is COc1ccc(CNCC2(CCO)CC2)cc1/C(N)=N/O. The molecule has 0 radical (unpaired) electrons. The summed E-state index contributed by atoms with van der Waals surface area (Å²) in [6.07, 6.45) is 3.22. The molecule has 0 heterocycles. The van der Waals surface area contributed by atoms with Gasteiger partial charge >= 0.3 is 0 Å². The van der Waals surface area contributed by atoms with Gasteiger partial charge in [0.1, 0.15) is 5.75 Å². The normalized spacial score (nSPS) is 16.8. The molecule has 0 saturated heterocycles. The van der Waals surface area contributed by atoms with Crippen molar-refractivity contribution in [3.05, 3.63) is 29.3 Å². The van der Waals surface area contributed by atoms with E-state index in [1.54, 1.807) is 7.11 Å². The highest BCUT2D eigenvalue weighted by Crippen LogP contribution is 2.47. The summed E-state index contributed by atoms with van der Waals surface area (Å²) >= 11 is 0. The molecule has 1 aromatic carbocycles. The van der Waals surface area contributed by atoms with Crippen molar-refractivity contribution in [1.82, 2.24) is 5.32 Å². The fraction of sp³-hybridized carbons (Fsp3) is 0.533. The Morgan fingerprint density at radius 3 is 2.81 bits per heavy atom. The maximum atomic E-state index is 9.05. The number of benzene rings is 1. The molecule has 0 atom stereocenters. The number of aliphatic hydroxyl groups is 1. The van der Waals surface area contributed by atoms with E-state index in [2.05, 4.69) is 10.5 Å². The van der Waals surface area contributed by atoms with Gasteiger partial charge in [-0.3, -0.25) is 0 Å². The van der Waals surface area contributed by atoms with Crippen LogP contribution in [0.15, 0.2) is 23.4 Å². The highest BCUT2D eigenvalue weighted by atomic mass is 16.5. The van der Waals surface area contributed by atoms with Crippen molar-refractivity contribution in [2.45, 2.75) is 25.8 Å². The molecule has 21 heavy (non-hydrogen) atoms. The van der Waals surface area contributed by atoms with Crippen molar-refractivity contribution in [3.8, 4) is 5.75 Å². The molecule has 0 spiro atoms. The van der Waals surface area contributed by atoms with Gasteiger partial charge in [0.15, 0.2) is 5.84 Å². The summed E-state index contributed by atoms with van der Waals surface area (Å²) < 4.78 is 5.20. The maximum absolute atomic E-state index is 9.05. The molecular weight excluding hydrogens is 270 g/mol. The van der Waals surface area contributed by atoms with Gasteiger partial charge in [-0.1, -0.05) is 11.2 Å². The number of nitrogens with zero attached hydrogens (tertiary/aromatic N) is 1. The smallest absolute Gasteiger partial charge is 0.173 e. The molecule has 2 rings (SSSR count). The van der Waals surface area contributed by atoms with E-state index in [1.165, 1.54) is 12.8 Å². The lowest BCUT2D eigenvalue weighted by atomic mass is 10.0. The van der Waals surface area contributed by atoms with Crippen LogP contribution in [0.3, 0.4) is 0 Å². The van der Waals surface area contributed by atoms with Crippen LogP contribution in [-0.4, -0.2) is 36.4 Å². The predicted octanol–water partition coefficient (Wildman–Crippen LogP) is 1.04. The third-order valence-corrected chi connectivity index (χ3v) is 4.08. The Balaban J connectivity index is 1.97. The summed E-state index contributed by atoms with van der Waals surface area (Å²) in [4.78, 5) is 0. The van der Waals surface area contributed by atoms with Gasteiger partial charge in [0.2, 0.25) is 0 Å². The summed E-state index contributed by atoms with van der Waals surface area (Å²) in [7, 11) is 1.55. The molecule has 1 fully saturated rings. The van der Waals surface area contributed by atoms with Crippen LogP contribution in [0, 0.1) is 5.41 Å². The largest absolute Gasteiger partial charge is 0.496 e. The molecule has 0 bridgehead atoms. The number of aliphatic hydroxyl groups excluding tert-OH is 1. The van der Waals surface area contributed by atoms with E-state index in [-0.39, 0.29) is 17.9 Å². The summed E-state index contributed by atoms with van der Waals surface area (Å²) in [6, 6.07) is 5.61. The van der Waals surface area contributed by atoms with Gasteiger partial charge in [0.05, 0.1) is 12.7 Å². The summed E-state index contributed by atoms with van der Waals surface area (Å²) in [5.74, 6) is 0.612. The zero-order valence-corrected chi connectivity index (χ0v) is 12.3. The first kappa shape index (κ1) is 15.6. The lowest BCUT2D eigenvalue weighted by molar-refractivity contribution is 0.245. The molecule has 1 aliphatic carbocycles. The second-order valence-electron chi connectivity index (χ2n) is 5.60. The minimum absolute atomic E-state index is 0.0349. The predicted molar refractivity (Wildman–Crippen MR) is 80.6 cm³/mol. The van der Waals surface area contributed by atoms with Crippen molar-refractivity contribution in [1.29, 1.82) is 0 Å². The Hall–Kier alpha value is -1.79. The number of ether oxygens (including phenoxy) is 1. The van der Waals surface area contributed by atoms with Crippen LogP contribution >= 0.6 is 0 Å². The van der Waals surface area contributed by atoms with Crippen molar-refractivity contribution in [2.75, 3.05) is 20.3 Å². The quantitative estimate of drug-likeness (QED) is 0.248. The molecule has 6 nitrogen and oxygen atoms in total. The fourth-order valence-electron chi connectivity index (χ4n) is 2.52. The molecule has 1 saturated carbocycles. The number of nitrogens with two attached hydrogens (primary N) is 1. The van der Waals surface area contributed by atoms with Crippen molar-refractivity contribution >= 4 is 5.84 Å². The summed E-state index contributed by atoms with van der Waals surface area (Å²) in [5, 5.41) is 24.3. The van der Waals surface area contributed by atoms with Crippen LogP contribution in [0.5, 0.6) is 5.75 Å². The van der Waals surface area contributed by atoms with E-state index in [0.717, 1.165) is 18.5 Å². The van der Waals surface area contributed by atoms with Crippen LogP contribution in [0.25, 0.3) is 0 Å². The Morgan fingerprint density at radius 2 is 2.24 bits per heavy atom. The average molecular weight is 293 g/mol. The molecule has 5 N–H and O–H groups in total. The molecule has 0 aliphatic heterocycles. The average Bonchev–Trinajstić information content (AvgIpc) is 3.26. The lowest BCUT2D eigenvalue weighted by Crippen LogP contribution is -2.24. The number of oxime groups is 1. The zero-order valence-electron chi connectivity index (χ0n) is 12.3. The number of methoxy groups -OCH3 is 1. The monoisotopic (exact) mass is 293 g/mol. The molecule has 1 aliphatic rings. The molecule has 116 valence electrons. The third-order valence-electron chi connectivity index (χ3n) is 4.08. The Bertz CT molecular complexity index is 513. The molecule has 0 unspecified atom stereocenters. The molecule has 1 aromatic rings. The number of hydrogen-bond donors (Lipinski definition) is 4. The number of hydrogen-bond acceptors (Lipinski definition) is 5. The van der Waals surface area contributed by atoms with E-state index in [1.807, 2.05) is 18.2 Å². The van der Waals surface area contributed by atoms with E-state index in [0.29, 0.717) is 17.9 Å². The van der Waals surface area contributed by atoms with Gasteiger partial charge in [-0.15, -0.1) is 0 Å². The van der Waals surface area contributed by atoms with Crippen LogP contribution < -0.4 is 15.8 Å². The maximum Gasteiger partial charge on any atom is 0.173 e. The molecule has 6 heteroatoms. The number of amidine groups is 1. The molecule has 0 amide bonds. The molecular formula is C15H23N3O3. The number of nitrogens with one attached hydrogen (secondary N) is 1. The molecule has 0 aromatic heterocycles. The standard InChI is InChI=1S/C15H23N3O3/c1-21-13-3-2-11(8-12(13)14(16)18-20)9-17-10-15(4-5-15)6-7-19/h2-3,8,17,19-20H,4-7,9-10H2,1H3,(H2,16,18). The Morgan fingerprint density at radius 1 is 1.48 bits per heavy atom. The topological polar surface area (TPSA) is 100 Å². The Kier molecular flexibility index (Phi) is 5.03. The first-order valence-corrected chi connectivity index (χ1v) is 7.10. The van der Waals surface area contributed by atoms with Gasteiger partial charge in [0, 0.05) is 19.7 Å². The van der Waals surface area contributed by atoms with Gasteiger partial charge < -0.3 is 26.1 Å². The van der Waals surface area contributed by atoms with Crippen LogP contribution in [0.1, 0.15) is 30.4 Å². The zero-order chi connectivity index (χ0) is 15.3.